The zero-order valence-electron chi connectivity index (χ0n) is 16.0. The normalized spacial score (nSPS) is 10.8. The van der Waals surface area contributed by atoms with Crippen molar-refractivity contribution in [2.24, 2.45) is 5.28 Å². The van der Waals surface area contributed by atoms with Crippen LogP contribution in [0.1, 0.15) is 19.3 Å². The van der Waals surface area contributed by atoms with Crippen LogP contribution in [0.5, 0.6) is 5.75 Å². The smallest absolute Gasteiger partial charge is 0.269 e. The average Bonchev–Trinajstić information content (AvgIpc) is 2.70. The van der Waals surface area contributed by atoms with Gasteiger partial charge in [0.05, 0.1) is 12.0 Å². The Labute approximate surface area is 162 Å². The first-order valence-electron chi connectivity index (χ1n) is 8.51. The zero-order chi connectivity index (χ0) is 19.6. The minimum absolute atomic E-state index is 0. The summed E-state index contributed by atoms with van der Waals surface area (Å²) >= 11 is 0. The molecule has 0 radical (unpaired) electrons. The van der Waals surface area contributed by atoms with Gasteiger partial charge < -0.3 is 26.2 Å². The molecule has 152 valence electrons. The molecule has 10 nitrogen and oxygen atoms in total. The highest BCUT2D eigenvalue weighted by atomic mass is 16.6. The minimum atomic E-state index is -0.428. The molecule has 0 unspecified atom stereocenters. The van der Waals surface area contributed by atoms with Crippen molar-refractivity contribution in [2.75, 3.05) is 25.1 Å². The van der Waals surface area contributed by atoms with E-state index >= 15 is 0 Å². The molecule has 2 rings (SSSR count). The molecule has 0 amide bonds. The summed E-state index contributed by atoms with van der Waals surface area (Å²) in [5.74, 6) is 0.741. The first-order valence-corrected chi connectivity index (χ1v) is 8.51. The standard InChI is InChI=1S/C18H22N4O5.H3N/c1-27-18-11-9-16(10-12-18)20(13-3-2-4-14-21(24)19-23)15-5-7-17(8-6-15)22(25)26;/h5-12,23H,2-4,13-14H2,1H3;1H3/p+1/b21-19-;. The quantitative estimate of drug-likeness (QED) is 0.198. The van der Waals surface area contributed by atoms with E-state index < -0.39 is 4.92 Å². The monoisotopic (exact) mass is 392 g/mol. The molecule has 2 aromatic rings. The number of quaternary nitrogens is 1. The van der Waals surface area contributed by atoms with Crippen molar-refractivity contribution < 1.29 is 19.7 Å². The second kappa shape index (κ2) is 11.3. The first kappa shape index (κ1) is 22.6. The lowest BCUT2D eigenvalue weighted by molar-refractivity contribution is -0.556. The molecular weight excluding hydrogens is 366 g/mol. The Morgan fingerprint density at radius 3 is 2.07 bits per heavy atom. The van der Waals surface area contributed by atoms with Gasteiger partial charge in [0.1, 0.15) is 5.75 Å². The van der Waals surface area contributed by atoms with Crippen LogP contribution in [0.3, 0.4) is 0 Å². The van der Waals surface area contributed by atoms with Crippen LogP contribution in [0.25, 0.3) is 0 Å². The number of hydrogen-bond acceptors (Lipinski definition) is 6. The Bertz CT molecular complexity index is 765. The van der Waals surface area contributed by atoms with Gasteiger partial charge in [-0.25, -0.2) is 0 Å². The Morgan fingerprint density at radius 1 is 1.00 bits per heavy atom. The second-order valence-corrected chi connectivity index (χ2v) is 5.85. The van der Waals surface area contributed by atoms with Crippen molar-refractivity contribution in [1.82, 2.24) is 6.15 Å². The number of non-ortho nitro benzene ring substituents is 1. The maximum Gasteiger partial charge on any atom is 0.269 e. The molecule has 0 saturated carbocycles. The summed E-state index contributed by atoms with van der Waals surface area (Å²) in [4.78, 5) is 12.7. The van der Waals surface area contributed by atoms with Gasteiger partial charge in [0, 0.05) is 36.5 Å². The number of benzene rings is 2. The predicted octanol–water partition coefficient (Wildman–Crippen LogP) is 4.64. The number of nitro groups is 1. The van der Waals surface area contributed by atoms with Gasteiger partial charge in [-0.1, -0.05) is 4.86 Å². The number of nitro benzene ring substituents is 1. The molecule has 0 aliphatic carbocycles. The van der Waals surface area contributed by atoms with Gasteiger partial charge in [0.2, 0.25) is 0 Å². The van der Waals surface area contributed by atoms with Gasteiger partial charge in [0.25, 0.3) is 5.69 Å². The molecule has 0 spiro atoms. The maximum absolute atomic E-state index is 10.9. The minimum Gasteiger partial charge on any atom is -0.597 e. The van der Waals surface area contributed by atoms with Crippen molar-refractivity contribution in [1.29, 1.82) is 0 Å². The summed E-state index contributed by atoms with van der Waals surface area (Å²) in [6.45, 7) is 0.801. The van der Waals surface area contributed by atoms with Crippen LogP contribution in [0.15, 0.2) is 53.8 Å². The molecule has 0 saturated heterocycles. The molecule has 0 heterocycles. The van der Waals surface area contributed by atoms with E-state index in [-0.39, 0.29) is 23.2 Å². The molecule has 5 N–H and O–H groups in total. The Kier molecular flexibility index (Phi) is 9.17. The van der Waals surface area contributed by atoms with Crippen LogP contribution in [-0.4, -0.2) is 35.2 Å². The summed E-state index contributed by atoms with van der Waals surface area (Å²) in [7, 11) is 1.60. The maximum atomic E-state index is 10.9. The lowest BCUT2D eigenvalue weighted by atomic mass is 10.1. The number of anilines is 2. The molecule has 0 aromatic heterocycles. The largest absolute Gasteiger partial charge is 0.597 e. The van der Waals surface area contributed by atoms with Crippen LogP contribution < -0.4 is 15.8 Å². The highest BCUT2D eigenvalue weighted by Crippen LogP contribution is 2.29. The van der Waals surface area contributed by atoms with E-state index in [1.807, 2.05) is 24.3 Å². The third-order valence-electron chi connectivity index (χ3n) is 4.09. The number of ether oxygens (including phenoxy) is 1. The van der Waals surface area contributed by atoms with Crippen LogP contribution in [0, 0.1) is 15.3 Å². The number of hydroxylamine groups is 1. The van der Waals surface area contributed by atoms with Gasteiger partial charge in [-0.3, -0.25) is 10.1 Å². The van der Waals surface area contributed by atoms with E-state index in [0.29, 0.717) is 13.0 Å². The Morgan fingerprint density at radius 2 is 1.57 bits per heavy atom. The van der Waals surface area contributed by atoms with Gasteiger partial charge in [-0.15, -0.1) is 0 Å². The van der Waals surface area contributed by atoms with Crippen LogP contribution in [0.4, 0.5) is 17.1 Å². The zero-order valence-corrected chi connectivity index (χ0v) is 16.0. The fourth-order valence-electron chi connectivity index (χ4n) is 2.66. The molecule has 0 fully saturated rings. The summed E-state index contributed by atoms with van der Waals surface area (Å²) in [6.07, 6.45) is 2.17. The van der Waals surface area contributed by atoms with Crippen molar-refractivity contribution in [3.05, 3.63) is 63.9 Å². The number of unbranched alkanes of at least 4 members (excludes halogenated alkanes) is 2. The van der Waals surface area contributed by atoms with Gasteiger partial charge in [-0.05, 0) is 49.2 Å². The molecule has 0 aliphatic heterocycles. The molecule has 0 aliphatic rings. The fourth-order valence-corrected chi connectivity index (χ4v) is 2.66. The van der Waals surface area contributed by atoms with Crippen LogP contribution in [-0.2, 0) is 0 Å². The van der Waals surface area contributed by atoms with Crippen molar-refractivity contribution >= 4 is 17.1 Å². The van der Waals surface area contributed by atoms with Crippen LogP contribution >= 0.6 is 0 Å². The van der Waals surface area contributed by atoms with Gasteiger partial charge in [-0.2, -0.15) is 0 Å². The van der Waals surface area contributed by atoms with Crippen molar-refractivity contribution in [2.45, 2.75) is 19.3 Å². The molecule has 10 heteroatoms. The van der Waals surface area contributed by atoms with Gasteiger partial charge >= 0.3 is 0 Å². The predicted molar refractivity (Wildman–Crippen MR) is 106 cm³/mol. The Balaban J connectivity index is 0.00000392. The topological polar surface area (TPSA) is 151 Å². The molecule has 0 atom stereocenters. The summed E-state index contributed by atoms with van der Waals surface area (Å²) < 4.78 is 5.19. The highest BCUT2D eigenvalue weighted by Gasteiger charge is 2.12. The highest BCUT2D eigenvalue weighted by molar-refractivity contribution is 5.65. The number of hydrogen-bond donors (Lipinski definition) is 2. The third kappa shape index (κ3) is 6.40. The summed E-state index contributed by atoms with van der Waals surface area (Å²) in [5.41, 5.74) is 1.80. The molecule has 0 bridgehead atoms. The Hall–Kier alpha value is -3.40. The number of nitrogens with zero attached hydrogens (tertiary/aromatic N) is 4. The van der Waals surface area contributed by atoms with Gasteiger partial charge in [0.15, 0.2) is 11.8 Å². The average molecular weight is 392 g/mol. The SMILES string of the molecule is COc1ccc(N(CCCCC/[N+]([O-])=N/O)c2ccc([N+](=O)[O-])cc2)cc1.[NH4+]. The van der Waals surface area contributed by atoms with Crippen LogP contribution in [0.2, 0.25) is 0 Å². The van der Waals surface area contributed by atoms with E-state index in [0.717, 1.165) is 30.0 Å². The summed E-state index contributed by atoms with van der Waals surface area (Å²) in [6, 6.07) is 13.9. The lowest BCUT2D eigenvalue weighted by Crippen LogP contribution is -2.18. The molecule has 2 aromatic carbocycles. The van der Waals surface area contributed by atoms with E-state index in [4.69, 9.17) is 9.94 Å². The molecular formula is C18H26N5O5+. The van der Waals surface area contributed by atoms with E-state index in [2.05, 4.69) is 10.2 Å². The first-order chi connectivity index (χ1) is 13.0. The van der Waals surface area contributed by atoms with E-state index in [1.54, 1.807) is 19.2 Å². The lowest BCUT2D eigenvalue weighted by Gasteiger charge is -2.25. The molecule has 28 heavy (non-hydrogen) atoms. The third-order valence-corrected chi connectivity index (χ3v) is 4.09. The fraction of sp³-hybridized carbons (Fsp3) is 0.333. The summed E-state index contributed by atoms with van der Waals surface area (Å²) in [5, 5.41) is 32.7. The second-order valence-electron chi connectivity index (χ2n) is 5.85. The number of methoxy groups -OCH3 is 1. The van der Waals surface area contributed by atoms with Crippen molar-refractivity contribution in [3.8, 4) is 5.75 Å². The van der Waals surface area contributed by atoms with Crippen molar-refractivity contribution in [3.63, 3.8) is 0 Å². The van der Waals surface area contributed by atoms with E-state index in [1.165, 1.54) is 12.1 Å². The number of rotatable bonds is 10. The van der Waals surface area contributed by atoms with E-state index in [9.17, 15) is 15.3 Å².